The minimum atomic E-state index is -0.00670. The van der Waals surface area contributed by atoms with Gasteiger partial charge in [0.1, 0.15) is 5.75 Å². The molecular weight excluding hydrogens is 240 g/mol. The number of carbonyl (C=O) groups excluding carboxylic acids is 1. The van der Waals surface area contributed by atoms with E-state index in [0.29, 0.717) is 0 Å². The van der Waals surface area contributed by atoms with Crippen LogP contribution in [0.2, 0.25) is 0 Å². The SMILES string of the molecule is COc1cccc(CC(C)NC(=O)C2CCCN2)c1. The Labute approximate surface area is 114 Å². The first kappa shape index (κ1) is 13.9. The van der Waals surface area contributed by atoms with Crippen molar-refractivity contribution in [2.45, 2.75) is 38.3 Å². The topological polar surface area (TPSA) is 50.4 Å². The number of benzene rings is 1. The van der Waals surface area contributed by atoms with E-state index in [4.69, 9.17) is 4.74 Å². The number of methoxy groups -OCH3 is 1. The highest BCUT2D eigenvalue weighted by Crippen LogP contribution is 2.14. The van der Waals surface area contributed by atoms with Gasteiger partial charge in [-0.3, -0.25) is 4.79 Å². The quantitative estimate of drug-likeness (QED) is 0.845. The third kappa shape index (κ3) is 3.96. The molecule has 2 rings (SSSR count). The van der Waals surface area contributed by atoms with E-state index >= 15 is 0 Å². The maximum Gasteiger partial charge on any atom is 0.237 e. The molecule has 1 aliphatic heterocycles. The molecule has 4 heteroatoms. The van der Waals surface area contributed by atoms with Crippen molar-refractivity contribution in [3.63, 3.8) is 0 Å². The molecule has 0 bridgehead atoms. The Morgan fingerprint density at radius 1 is 1.58 bits per heavy atom. The normalized spacial score (nSPS) is 20.0. The van der Waals surface area contributed by atoms with E-state index in [9.17, 15) is 4.79 Å². The largest absolute Gasteiger partial charge is 0.497 e. The number of rotatable bonds is 5. The smallest absolute Gasteiger partial charge is 0.237 e. The summed E-state index contributed by atoms with van der Waals surface area (Å²) in [7, 11) is 1.66. The summed E-state index contributed by atoms with van der Waals surface area (Å²) in [6, 6.07) is 8.08. The molecule has 2 unspecified atom stereocenters. The molecule has 2 N–H and O–H groups in total. The first-order valence-electron chi connectivity index (χ1n) is 6.85. The summed E-state index contributed by atoms with van der Waals surface area (Å²) in [5.74, 6) is 0.974. The molecule has 4 nitrogen and oxygen atoms in total. The number of carbonyl (C=O) groups is 1. The van der Waals surface area contributed by atoms with Gasteiger partial charge in [0.05, 0.1) is 13.2 Å². The lowest BCUT2D eigenvalue weighted by Crippen LogP contribution is -2.44. The van der Waals surface area contributed by atoms with Crippen LogP contribution in [-0.4, -0.2) is 31.6 Å². The van der Waals surface area contributed by atoms with Crippen LogP contribution in [0.3, 0.4) is 0 Å². The molecule has 0 aromatic heterocycles. The van der Waals surface area contributed by atoms with Gasteiger partial charge in [0.15, 0.2) is 0 Å². The van der Waals surface area contributed by atoms with Crippen molar-refractivity contribution in [2.75, 3.05) is 13.7 Å². The van der Waals surface area contributed by atoms with Gasteiger partial charge in [-0.1, -0.05) is 12.1 Å². The lowest BCUT2D eigenvalue weighted by atomic mass is 10.1. The third-order valence-electron chi connectivity index (χ3n) is 3.44. The van der Waals surface area contributed by atoms with E-state index in [-0.39, 0.29) is 18.0 Å². The predicted octanol–water partition coefficient (Wildman–Crippen LogP) is 1.49. The van der Waals surface area contributed by atoms with Crippen LogP contribution in [0.15, 0.2) is 24.3 Å². The zero-order chi connectivity index (χ0) is 13.7. The minimum Gasteiger partial charge on any atom is -0.497 e. The zero-order valence-electron chi connectivity index (χ0n) is 11.6. The van der Waals surface area contributed by atoms with E-state index in [0.717, 1.165) is 31.6 Å². The van der Waals surface area contributed by atoms with Crippen LogP contribution in [0, 0.1) is 0 Å². The lowest BCUT2D eigenvalue weighted by Gasteiger charge is -2.17. The summed E-state index contributed by atoms with van der Waals surface area (Å²) in [5, 5.41) is 6.28. The monoisotopic (exact) mass is 262 g/mol. The zero-order valence-corrected chi connectivity index (χ0v) is 11.6. The second-order valence-electron chi connectivity index (χ2n) is 5.11. The standard InChI is InChI=1S/C15H22N2O2/c1-11(17-15(18)14-7-4-8-16-14)9-12-5-3-6-13(10-12)19-2/h3,5-6,10-11,14,16H,4,7-9H2,1-2H3,(H,17,18). The van der Waals surface area contributed by atoms with Crippen molar-refractivity contribution < 1.29 is 9.53 Å². The highest BCUT2D eigenvalue weighted by molar-refractivity contribution is 5.82. The Balaban J connectivity index is 1.85. The van der Waals surface area contributed by atoms with Crippen LogP contribution < -0.4 is 15.4 Å². The van der Waals surface area contributed by atoms with Crippen molar-refractivity contribution in [3.8, 4) is 5.75 Å². The summed E-state index contributed by atoms with van der Waals surface area (Å²) >= 11 is 0. The van der Waals surface area contributed by atoms with E-state index < -0.39 is 0 Å². The maximum absolute atomic E-state index is 12.0. The van der Waals surface area contributed by atoms with Crippen molar-refractivity contribution in [1.82, 2.24) is 10.6 Å². The average molecular weight is 262 g/mol. The molecule has 2 atom stereocenters. The second kappa shape index (κ2) is 6.57. The lowest BCUT2D eigenvalue weighted by molar-refractivity contribution is -0.123. The van der Waals surface area contributed by atoms with Gasteiger partial charge in [0.2, 0.25) is 5.91 Å². The Hall–Kier alpha value is -1.55. The Kier molecular flexibility index (Phi) is 4.80. The molecule has 104 valence electrons. The second-order valence-corrected chi connectivity index (χ2v) is 5.11. The summed E-state index contributed by atoms with van der Waals surface area (Å²) in [6.07, 6.45) is 2.84. The van der Waals surface area contributed by atoms with Crippen LogP contribution in [0.1, 0.15) is 25.3 Å². The molecule has 0 saturated carbocycles. The number of ether oxygens (including phenoxy) is 1. The molecular formula is C15H22N2O2. The first-order chi connectivity index (χ1) is 9.19. The van der Waals surface area contributed by atoms with Crippen LogP contribution in [0.4, 0.5) is 0 Å². The predicted molar refractivity (Wildman–Crippen MR) is 75.3 cm³/mol. The van der Waals surface area contributed by atoms with Crippen molar-refractivity contribution in [2.24, 2.45) is 0 Å². The van der Waals surface area contributed by atoms with Gasteiger partial charge in [0.25, 0.3) is 0 Å². The van der Waals surface area contributed by atoms with Gasteiger partial charge in [-0.05, 0) is 50.4 Å². The summed E-state index contributed by atoms with van der Waals surface area (Å²) in [4.78, 5) is 12.0. The molecule has 0 aliphatic carbocycles. The molecule has 1 fully saturated rings. The average Bonchev–Trinajstić information content (AvgIpc) is 2.92. The van der Waals surface area contributed by atoms with Gasteiger partial charge in [-0.15, -0.1) is 0 Å². The van der Waals surface area contributed by atoms with Crippen molar-refractivity contribution in [1.29, 1.82) is 0 Å². The molecule has 1 heterocycles. The molecule has 0 spiro atoms. The third-order valence-corrected chi connectivity index (χ3v) is 3.44. The Morgan fingerprint density at radius 3 is 3.11 bits per heavy atom. The van der Waals surface area contributed by atoms with Crippen LogP contribution in [-0.2, 0) is 11.2 Å². The molecule has 1 amide bonds. The highest BCUT2D eigenvalue weighted by atomic mass is 16.5. The number of nitrogens with one attached hydrogen (secondary N) is 2. The fourth-order valence-corrected chi connectivity index (χ4v) is 2.46. The van der Waals surface area contributed by atoms with E-state index in [1.54, 1.807) is 7.11 Å². The number of hydrogen-bond acceptors (Lipinski definition) is 3. The molecule has 0 radical (unpaired) electrons. The maximum atomic E-state index is 12.0. The molecule has 1 aromatic carbocycles. The van der Waals surface area contributed by atoms with E-state index in [1.165, 1.54) is 5.56 Å². The first-order valence-corrected chi connectivity index (χ1v) is 6.85. The van der Waals surface area contributed by atoms with Gasteiger partial charge >= 0.3 is 0 Å². The van der Waals surface area contributed by atoms with Gasteiger partial charge in [0, 0.05) is 6.04 Å². The number of hydrogen-bond donors (Lipinski definition) is 2. The Morgan fingerprint density at radius 2 is 2.42 bits per heavy atom. The van der Waals surface area contributed by atoms with Gasteiger partial charge in [-0.2, -0.15) is 0 Å². The summed E-state index contributed by atoms with van der Waals surface area (Å²) in [6.45, 7) is 2.98. The van der Waals surface area contributed by atoms with E-state index in [2.05, 4.69) is 16.7 Å². The summed E-state index contributed by atoms with van der Waals surface area (Å²) in [5.41, 5.74) is 1.17. The molecule has 1 aromatic rings. The summed E-state index contributed by atoms with van der Waals surface area (Å²) < 4.78 is 5.20. The molecule has 1 aliphatic rings. The highest BCUT2D eigenvalue weighted by Gasteiger charge is 2.22. The van der Waals surface area contributed by atoms with Crippen LogP contribution >= 0.6 is 0 Å². The van der Waals surface area contributed by atoms with Crippen molar-refractivity contribution >= 4 is 5.91 Å². The van der Waals surface area contributed by atoms with E-state index in [1.807, 2.05) is 25.1 Å². The number of amides is 1. The molecule has 1 saturated heterocycles. The van der Waals surface area contributed by atoms with Gasteiger partial charge < -0.3 is 15.4 Å². The van der Waals surface area contributed by atoms with Crippen LogP contribution in [0.25, 0.3) is 0 Å². The fourth-order valence-electron chi connectivity index (χ4n) is 2.46. The van der Waals surface area contributed by atoms with Crippen LogP contribution in [0.5, 0.6) is 5.75 Å². The Bertz CT molecular complexity index is 428. The molecule has 19 heavy (non-hydrogen) atoms. The van der Waals surface area contributed by atoms with Gasteiger partial charge in [-0.25, -0.2) is 0 Å². The van der Waals surface area contributed by atoms with Crippen molar-refractivity contribution in [3.05, 3.63) is 29.8 Å². The fraction of sp³-hybridized carbons (Fsp3) is 0.533. The minimum absolute atomic E-state index is 0.00670.